The summed E-state index contributed by atoms with van der Waals surface area (Å²) in [6, 6.07) is 12.6. The van der Waals surface area contributed by atoms with Crippen LogP contribution in [0.3, 0.4) is 0 Å². The van der Waals surface area contributed by atoms with E-state index in [2.05, 4.69) is 10.5 Å². The van der Waals surface area contributed by atoms with Crippen LogP contribution in [0.4, 0.5) is 4.79 Å². The van der Waals surface area contributed by atoms with Crippen LogP contribution < -0.4 is 25.4 Å². The van der Waals surface area contributed by atoms with Crippen LogP contribution in [0.2, 0.25) is 0 Å². The third kappa shape index (κ3) is 6.89. The Morgan fingerprint density at radius 2 is 1.81 bits per heavy atom. The minimum atomic E-state index is -0.718. The highest BCUT2D eigenvalue weighted by Gasteiger charge is 2.06. The fraction of sp³-hybridized carbons (Fsp3) is 0.300. The van der Waals surface area contributed by atoms with Crippen molar-refractivity contribution in [1.82, 2.24) is 5.43 Å². The van der Waals surface area contributed by atoms with Gasteiger partial charge in [0.05, 0.1) is 26.0 Å². The molecule has 0 heterocycles. The van der Waals surface area contributed by atoms with Gasteiger partial charge in [0.1, 0.15) is 5.75 Å². The maximum absolute atomic E-state index is 10.6. The van der Waals surface area contributed by atoms with Crippen molar-refractivity contribution >= 4 is 12.2 Å². The average molecular weight is 371 g/mol. The molecule has 2 aromatic rings. The first-order valence-electron chi connectivity index (χ1n) is 8.76. The summed E-state index contributed by atoms with van der Waals surface area (Å²) in [7, 11) is 0. The Bertz CT molecular complexity index is 778. The van der Waals surface area contributed by atoms with Gasteiger partial charge in [-0.15, -0.1) is 0 Å². The van der Waals surface area contributed by atoms with E-state index in [0.29, 0.717) is 31.3 Å². The summed E-state index contributed by atoms with van der Waals surface area (Å²) in [5, 5.41) is 3.73. The SMILES string of the molecule is CCOc1cc(/C=N/NC(N)=O)ccc1OCCCOc1ccccc1C. The van der Waals surface area contributed by atoms with Crippen LogP contribution in [0.25, 0.3) is 0 Å². The number of rotatable bonds is 10. The van der Waals surface area contributed by atoms with Crippen LogP contribution in [0, 0.1) is 6.92 Å². The fourth-order valence-electron chi connectivity index (χ4n) is 2.30. The highest BCUT2D eigenvalue weighted by Crippen LogP contribution is 2.28. The van der Waals surface area contributed by atoms with Gasteiger partial charge in [-0.25, -0.2) is 10.2 Å². The van der Waals surface area contributed by atoms with Crippen LogP contribution in [0.15, 0.2) is 47.6 Å². The van der Waals surface area contributed by atoms with Gasteiger partial charge in [0.2, 0.25) is 0 Å². The van der Waals surface area contributed by atoms with E-state index in [1.807, 2.05) is 44.2 Å². The Balaban J connectivity index is 1.86. The van der Waals surface area contributed by atoms with E-state index >= 15 is 0 Å². The van der Waals surface area contributed by atoms with Crippen LogP contribution in [-0.4, -0.2) is 32.1 Å². The number of urea groups is 1. The molecule has 0 aromatic heterocycles. The fourth-order valence-corrected chi connectivity index (χ4v) is 2.30. The van der Waals surface area contributed by atoms with Crippen LogP contribution >= 0.6 is 0 Å². The minimum Gasteiger partial charge on any atom is -0.493 e. The summed E-state index contributed by atoms with van der Waals surface area (Å²) in [4.78, 5) is 10.6. The summed E-state index contributed by atoms with van der Waals surface area (Å²) in [5.41, 5.74) is 8.98. The molecule has 2 rings (SSSR count). The molecule has 2 amide bonds. The van der Waals surface area contributed by atoms with Gasteiger partial charge in [0.25, 0.3) is 0 Å². The van der Waals surface area contributed by atoms with E-state index in [-0.39, 0.29) is 0 Å². The predicted molar refractivity (Wildman–Crippen MR) is 105 cm³/mol. The molecule has 0 bridgehead atoms. The number of hydrazone groups is 1. The maximum Gasteiger partial charge on any atom is 0.332 e. The number of nitrogens with two attached hydrogens (primary N) is 1. The summed E-state index contributed by atoms with van der Waals surface area (Å²) >= 11 is 0. The molecule has 2 aromatic carbocycles. The number of amides is 2. The molecule has 0 fully saturated rings. The predicted octanol–water partition coefficient (Wildman–Crippen LogP) is 3.24. The molecule has 0 unspecified atom stereocenters. The molecule has 144 valence electrons. The third-order valence-electron chi connectivity index (χ3n) is 3.55. The zero-order chi connectivity index (χ0) is 19.5. The zero-order valence-corrected chi connectivity index (χ0v) is 15.6. The second kappa shape index (κ2) is 10.7. The van der Waals surface area contributed by atoms with Crippen molar-refractivity contribution in [2.75, 3.05) is 19.8 Å². The van der Waals surface area contributed by atoms with Gasteiger partial charge in [0.15, 0.2) is 11.5 Å². The summed E-state index contributed by atoms with van der Waals surface area (Å²) in [5.74, 6) is 2.15. The molecule has 0 spiro atoms. The lowest BCUT2D eigenvalue weighted by Gasteiger charge is -2.13. The molecule has 0 aliphatic heterocycles. The largest absolute Gasteiger partial charge is 0.493 e. The first-order valence-corrected chi connectivity index (χ1v) is 8.76. The second-order valence-electron chi connectivity index (χ2n) is 5.69. The molecule has 0 aliphatic rings. The summed E-state index contributed by atoms with van der Waals surface area (Å²) in [6.07, 6.45) is 2.22. The maximum atomic E-state index is 10.6. The molecule has 7 heteroatoms. The number of aryl methyl sites for hydroxylation is 1. The minimum absolute atomic E-state index is 0.503. The second-order valence-corrected chi connectivity index (χ2v) is 5.69. The monoisotopic (exact) mass is 371 g/mol. The van der Waals surface area contributed by atoms with Gasteiger partial charge < -0.3 is 19.9 Å². The van der Waals surface area contributed by atoms with Gasteiger partial charge in [-0.05, 0) is 49.2 Å². The highest BCUT2D eigenvalue weighted by molar-refractivity contribution is 5.82. The molecule has 0 saturated carbocycles. The number of para-hydroxylation sites is 1. The number of nitrogens with zero attached hydrogens (tertiary/aromatic N) is 1. The van der Waals surface area contributed by atoms with E-state index in [1.165, 1.54) is 6.21 Å². The van der Waals surface area contributed by atoms with Crippen LogP contribution in [-0.2, 0) is 0 Å². The lowest BCUT2D eigenvalue weighted by atomic mass is 10.2. The number of carbonyl (C=O) groups excluding carboxylic acids is 1. The number of primary amides is 1. The quantitative estimate of drug-likeness (QED) is 0.381. The lowest BCUT2D eigenvalue weighted by molar-refractivity contribution is 0.235. The molecule has 0 atom stereocenters. The highest BCUT2D eigenvalue weighted by atomic mass is 16.5. The Morgan fingerprint density at radius 1 is 1.07 bits per heavy atom. The van der Waals surface area contributed by atoms with Gasteiger partial charge in [-0.2, -0.15) is 5.10 Å². The Kier molecular flexibility index (Phi) is 7.96. The van der Waals surface area contributed by atoms with E-state index in [4.69, 9.17) is 19.9 Å². The Labute approximate surface area is 159 Å². The third-order valence-corrected chi connectivity index (χ3v) is 3.55. The van der Waals surface area contributed by atoms with Gasteiger partial charge >= 0.3 is 6.03 Å². The molecule has 0 radical (unpaired) electrons. The van der Waals surface area contributed by atoms with Crippen molar-refractivity contribution < 1.29 is 19.0 Å². The molecular formula is C20H25N3O4. The number of hydrogen-bond donors (Lipinski definition) is 2. The van der Waals surface area contributed by atoms with Crippen LogP contribution in [0.5, 0.6) is 17.2 Å². The van der Waals surface area contributed by atoms with E-state index < -0.39 is 6.03 Å². The number of nitrogens with one attached hydrogen (secondary N) is 1. The van der Waals surface area contributed by atoms with E-state index in [0.717, 1.165) is 23.3 Å². The Morgan fingerprint density at radius 3 is 2.52 bits per heavy atom. The smallest absolute Gasteiger partial charge is 0.332 e. The van der Waals surface area contributed by atoms with Crippen molar-refractivity contribution in [2.45, 2.75) is 20.3 Å². The van der Waals surface area contributed by atoms with Crippen molar-refractivity contribution in [1.29, 1.82) is 0 Å². The van der Waals surface area contributed by atoms with Crippen molar-refractivity contribution in [3.63, 3.8) is 0 Å². The van der Waals surface area contributed by atoms with Gasteiger partial charge in [-0.1, -0.05) is 18.2 Å². The molecule has 7 nitrogen and oxygen atoms in total. The molecule has 0 saturated heterocycles. The van der Waals surface area contributed by atoms with Crippen molar-refractivity contribution in [3.05, 3.63) is 53.6 Å². The molecule has 27 heavy (non-hydrogen) atoms. The van der Waals surface area contributed by atoms with Crippen molar-refractivity contribution in [3.8, 4) is 17.2 Å². The number of benzene rings is 2. The molecule has 0 aliphatic carbocycles. The normalized spacial score (nSPS) is 10.6. The molecule has 3 N–H and O–H groups in total. The molecular weight excluding hydrogens is 346 g/mol. The number of ether oxygens (including phenoxy) is 3. The topological polar surface area (TPSA) is 95.2 Å². The van der Waals surface area contributed by atoms with Crippen LogP contribution in [0.1, 0.15) is 24.5 Å². The lowest BCUT2D eigenvalue weighted by Crippen LogP contribution is -2.24. The first kappa shape index (κ1) is 20.1. The number of carbonyl (C=O) groups is 1. The van der Waals surface area contributed by atoms with Gasteiger partial charge in [-0.3, -0.25) is 0 Å². The Hall–Kier alpha value is -3.22. The zero-order valence-electron chi connectivity index (χ0n) is 15.6. The summed E-state index contributed by atoms with van der Waals surface area (Å²) < 4.78 is 17.2. The summed E-state index contributed by atoms with van der Waals surface area (Å²) in [6.45, 7) is 5.49. The van der Waals surface area contributed by atoms with Gasteiger partial charge in [0, 0.05) is 6.42 Å². The van der Waals surface area contributed by atoms with Crippen molar-refractivity contribution in [2.24, 2.45) is 10.8 Å². The average Bonchev–Trinajstić information content (AvgIpc) is 2.64. The van der Waals surface area contributed by atoms with E-state index in [1.54, 1.807) is 12.1 Å². The van der Waals surface area contributed by atoms with E-state index in [9.17, 15) is 4.79 Å². The first-order chi connectivity index (χ1) is 13.1. The standard InChI is InChI=1S/C20H25N3O4/c1-3-25-19-13-16(14-22-23-20(21)24)9-10-18(19)27-12-6-11-26-17-8-5-4-7-15(17)2/h4-5,7-10,13-14H,3,6,11-12H2,1-2H3,(H3,21,23,24)/b22-14+. The number of hydrogen-bond acceptors (Lipinski definition) is 5.